The fraction of sp³-hybridized carbons (Fsp3) is 0.231. The van der Waals surface area contributed by atoms with Crippen molar-refractivity contribution in [1.82, 2.24) is 4.90 Å². The first-order chi connectivity index (χ1) is 16.4. The van der Waals surface area contributed by atoms with E-state index in [1.165, 1.54) is 6.07 Å². The van der Waals surface area contributed by atoms with E-state index in [2.05, 4.69) is 31.9 Å². The summed E-state index contributed by atoms with van der Waals surface area (Å²) in [7, 11) is 0. The quantitative estimate of drug-likeness (QED) is 0.285. The predicted octanol–water partition coefficient (Wildman–Crippen LogP) is 6.75. The van der Waals surface area contributed by atoms with Crippen LogP contribution in [0.5, 0.6) is 5.75 Å². The van der Waals surface area contributed by atoms with Crippen molar-refractivity contribution >= 4 is 43.9 Å². The zero-order valence-corrected chi connectivity index (χ0v) is 21.5. The van der Waals surface area contributed by atoms with Gasteiger partial charge in [0.25, 0.3) is 0 Å². The van der Waals surface area contributed by atoms with Crippen LogP contribution in [0.25, 0.3) is 0 Å². The fourth-order valence-electron chi connectivity index (χ4n) is 3.83. The smallest absolute Gasteiger partial charge is 0.417 e. The number of cyclic esters (lactones) is 1. The summed E-state index contributed by atoms with van der Waals surface area (Å²) in [5.74, 6) is -1.19. The van der Waals surface area contributed by atoms with Gasteiger partial charge >= 0.3 is 6.09 Å². The van der Waals surface area contributed by atoms with E-state index in [-0.39, 0.29) is 6.61 Å². The molecule has 1 aliphatic heterocycles. The summed E-state index contributed by atoms with van der Waals surface area (Å²) in [5.41, 5.74) is 2.07. The number of nitrogens with zero attached hydrogens (tertiary/aromatic N) is 1. The lowest BCUT2D eigenvalue weighted by atomic mass is 9.95. The number of benzene rings is 3. The van der Waals surface area contributed by atoms with E-state index >= 15 is 4.39 Å². The SMILES string of the molecule is C[C@@H](c1cc(Br)c(OCc2ccccc2)cc1F)[C@@H](Br)C(=O)N1C(=O)OC[C@H]1c1ccccc1. The van der Waals surface area contributed by atoms with Gasteiger partial charge in [0.1, 0.15) is 35.6 Å². The van der Waals surface area contributed by atoms with E-state index in [0.29, 0.717) is 22.4 Å². The van der Waals surface area contributed by atoms with Crippen LogP contribution < -0.4 is 4.74 Å². The van der Waals surface area contributed by atoms with Crippen molar-refractivity contribution in [3.8, 4) is 5.75 Å². The molecular weight excluding hydrogens is 569 g/mol. The first-order valence-electron chi connectivity index (χ1n) is 10.7. The van der Waals surface area contributed by atoms with Gasteiger partial charge in [-0.1, -0.05) is 83.5 Å². The van der Waals surface area contributed by atoms with Crippen LogP contribution in [0, 0.1) is 5.82 Å². The summed E-state index contributed by atoms with van der Waals surface area (Å²) < 4.78 is 26.6. The third-order valence-corrected chi connectivity index (χ3v) is 7.55. The van der Waals surface area contributed by atoms with E-state index in [9.17, 15) is 9.59 Å². The molecule has 176 valence electrons. The molecule has 34 heavy (non-hydrogen) atoms. The van der Waals surface area contributed by atoms with Crippen molar-refractivity contribution < 1.29 is 23.5 Å². The molecule has 0 spiro atoms. The Morgan fingerprint density at radius 3 is 2.47 bits per heavy atom. The Balaban J connectivity index is 1.51. The third kappa shape index (κ3) is 5.18. The van der Waals surface area contributed by atoms with E-state index in [0.717, 1.165) is 16.0 Å². The predicted molar refractivity (Wildman–Crippen MR) is 133 cm³/mol. The lowest BCUT2D eigenvalue weighted by molar-refractivity contribution is -0.128. The Morgan fingerprint density at radius 1 is 1.15 bits per heavy atom. The number of halogens is 3. The molecular formula is C26H22Br2FNO4. The number of imide groups is 1. The van der Waals surface area contributed by atoms with E-state index in [4.69, 9.17) is 9.47 Å². The molecule has 0 aromatic heterocycles. The van der Waals surface area contributed by atoms with Gasteiger partial charge in [-0.2, -0.15) is 0 Å². The molecule has 0 saturated carbocycles. The van der Waals surface area contributed by atoms with Gasteiger partial charge in [0.15, 0.2) is 0 Å². The summed E-state index contributed by atoms with van der Waals surface area (Å²) in [5, 5.41) is 0. The minimum atomic E-state index is -0.846. The fourth-order valence-corrected chi connectivity index (χ4v) is 4.81. The van der Waals surface area contributed by atoms with Crippen LogP contribution in [0.2, 0.25) is 0 Å². The monoisotopic (exact) mass is 589 g/mol. The minimum absolute atomic E-state index is 0.0794. The summed E-state index contributed by atoms with van der Waals surface area (Å²) in [6.45, 7) is 2.10. The molecule has 3 aromatic carbocycles. The van der Waals surface area contributed by atoms with Gasteiger partial charge in [-0.05, 0) is 38.7 Å². The van der Waals surface area contributed by atoms with Crippen molar-refractivity contribution in [2.45, 2.75) is 30.3 Å². The Hall–Kier alpha value is -2.71. The zero-order chi connectivity index (χ0) is 24.2. The van der Waals surface area contributed by atoms with Crippen LogP contribution in [0.15, 0.2) is 77.3 Å². The zero-order valence-electron chi connectivity index (χ0n) is 18.3. The summed E-state index contributed by atoms with van der Waals surface area (Å²) in [6, 6.07) is 21.2. The highest BCUT2D eigenvalue weighted by Gasteiger charge is 2.42. The molecule has 0 N–H and O–H groups in total. The van der Waals surface area contributed by atoms with E-state index < -0.39 is 34.6 Å². The normalized spacial score (nSPS) is 17.2. The molecule has 0 aliphatic carbocycles. The molecule has 1 fully saturated rings. The molecule has 0 unspecified atom stereocenters. The lowest BCUT2D eigenvalue weighted by Gasteiger charge is -2.26. The molecule has 0 radical (unpaired) electrons. The number of hydrogen-bond donors (Lipinski definition) is 0. The number of amides is 2. The maximum absolute atomic E-state index is 15.1. The van der Waals surface area contributed by atoms with Gasteiger partial charge in [-0.15, -0.1) is 0 Å². The second kappa shape index (κ2) is 10.7. The standard InChI is InChI=1S/C26H22Br2FNO4/c1-16(19-12-20(27)23(13-21(19)29)33-14-17-8-4-2-5-9-17)24(28)25(31)30-22(15-34-26(30)32)18-10-6-3-7-11-18/h2-13,16,22,24H,14-15H2,1H3/t16-,22-,24+/m0/s1. The number of alkyl halides is 1. The highest BCUT2D eigenvalue weighted by atomic mass is 79.9. The highest BCUT2D eigenvalue weighted by Crippen LogP contribution is 2.37. The molecule has 8 heteroatoms. The number of hydrogen-bond acceptors (Lipinski definition) is 4. The maximum Gasteiger partial charge on any atom is 0.417 e. The molecule has 1 aliphatic rings. The summed E-state index contributed by atoms with van der Waals surface area (Å²) in [6.07, 6.45) is -0.707. The lowest BCUT2D eigenvalue weighted by Crippen LogP contribution is -2.41. The Morgan fingerprint density at radius 2 is 1.79 bits per heavy atom. The molecule has 3 aromatic rings. The molecule has 0 bridgehead atoms. The summed E-state index contributed by atoms with van der Waals surface area (Å²) in [4.78, 5) is 25.9. The van der Waals surface area contributed by atoms with Gasteiger partial charge in [0.2, 0.25) is 5.91 Å². The van der Waals surface area contributed by atoms with E-state index in [1.807, 2.05) is 60.7 Å². The highest BCUT2D eigenvalue weighted by molar-refractivity contribution is 9.10. The minimum Gasteiger partial charge on any atom is -0.488 e. The second-order valence-electron chi connectivity index (χ2n) is 7.98. The second-order valence-corrected chi connectivity index (χ2v) is 9.82. The Bertz CT molecular complexity index is 1180. The van der Waals surface area contributed by atoms with Gasteiger partial charge in [-0.25, -0.2) is 14.1 Å². The topological polar surface area (TPSA) is 55.8 Å². The van der Waals surface area contributed by atoms with Crippen molar-refractivity contribution in [3.63, 3.8) is 0 Å². The average molecular weight is 591 g/mol. The van der Waals surface area contributed by atoms with Crippen molar-refractivity contribution in [3.05, 3.63) is 99.8 Å². The molecule has 4 rings (SSSR count). The van der Waals surface area contributed by atoms with Crippen LogP contribution in [0.3, 0.4) is 0 Å². The number of carbonyl (C=O) groups excluding carboxylic acids is 2. The van der Waals surface area contributed by atoms with Gasteiger partial charge in [0.05, 0.1) is 4.47 Å². The number of ether oxygens (including phenoxy) is 2. The van der Waals surface area contributed by atoms with Crippen LogP contribution in [-0.2, 0) is 16.1 Å². The van der Waals surface area contributed by atoms with Crippen LogP contribution in [0.4, 0.5) is 9.18 Å². The van der Waals surface area contributed by atoms with Gasteiger partial charge in [-0.3, -0.25) is 4.79 Å². The maximum atomic E-state index is 15.1. The van der Waals surface area contributed by atoms with Crippen molar-refractivity contribution in [2.75, 3.05) is 6.61 Å². The number of carbonyl (C=O) groups is 2. The van der Waals surface area contributed by atoms with Crippen LogP contribution >= 0.6 is 31.9 Å². The third-order valence-electron chi connectivity index (χ3n) is 5.75. The molecule has 1 heterocycles. The summed E-state index contributed by atoms with van der Waals surface area (Å²) >= 11 is 6.86. The molecule has 1 saturated heterocycles. The van der Waals surface area contributed by atoms with Crippen molar-refractivity contribution in [2.24, 2.45) is 0 Å². The largest absolute Gasteiger partial charge is 0.488 e. The Kier molecular flexibility index (Phi) is 7.68. The molecule has 5 nitrogen and oxygen atoms in total. The molecule has 2 amide bonds. The van der Waals surface area contributed by atoms with Gasteiger partial charge < -0.3 is 9.47 Å². The first-order valence-corrected chi connectivity index (χ1v) is 12.4. The van der Waals surface area contributed by atoms with Gasteiger partial charge in [0, 0.05) is 12.0 Å². The van der Waals surface area contributed by atoms with Crippen molar-refractivity contribution in [1.29, 1.82) is 0 Å². The van der Waals surface area contributed by atoms with E-state index in [1.54, 1.807) is 13.0 Å². The average Bonchev–Trinajstić information content (AvgIpc) is 3.25. The molecule has 3 atom stereocenters. The Labute approximate surface area is 214 Å². The first kappa shape index (κ1) is 24.4. The van der Waals surface area contributed by atoms with Crippen LogP contribution in [0.1, 0.15) is 35.6 Å². The number of rotatable bonds is 7. The van der Waals surface area contributed by atoms with Crippen LogP contribution in [-0.4, -0.2) is 28.3 Å².